The zero-order valence-electron chi connectivity index (χ0n) is 23.2. The highest BCUT2D eigenvalue weighted by Gasteiger charge is 2.33. The minimum atomic E-state index is -1.06. The lowest BCUT2D eigenvalue weighted by Gasteiger charge is -2.35. The molecule has 0 radical (unpaired) electrons. The van der Waals surface area contributed by atoms with Gasteiger partial charge in [0.15, 0.2) is 0 Å². The number of nitrogens with zero attached hydrogens (tertiary/aromatic N) is 3. The van der Waals surface area contributed by atoms with Crippen molar-refractivity contribution in [2.45, 2.75) is 58.5 Å². The van der Waals surface area contributed by atoms with Gasteiger partial charge in [-0.05, 0) is 37.9 Å². The van der Waals surface area contributed by atoms with Crippen LogP contribution in [0.25, 0.3) is 0 Å². The highest BCUT2D eigenvalue weighted by Crippen LogP contribution is 2.19. The van der Waals surface area contributed by atoms with Gasteiger partial charge in [0.2, 0.25) is 17.7 Å². The van der Waals surface area contributed by atoms with Gasteiger partial charge in [0.25, 0.3) is 5.91 Å². The average molecular weight is 530 g/mol. The molecule has 0 bridgehead atoms. The van der Waals surface area contributed by atoms with Crippen LogP contribution in [0.1, 0.15) is 56.8 Å². The smallest absolute Gasteiger partial charge is 0.255 e. The van der Waals surface area contributed by atoms with E-state index in [1.807, 2.05) is 20.9 Å². The zero-order chi connectivity index (χ0) is 27.7. The molecule has 2 aliphatic rings. The lowest BCUT2D eigenvalue weighted by Crippen LogP contribution is -2.56. The number of amides is 4. The van der Waals surface area contributed by atoms with Gasteiger partial charge < -0.3 is 30.1 Å². The van der Waals surface area contributed by atoms with Crippen molar-refractivity contribution in [3.63, 3.8) is 0 Å². The van der Waals surface area contributed by atoms with Gasteiger partial charge in [-0.1, -0.05) is 39.3 Å². The first kappa shape index (κ1) is 29.4. The van der Waals surface area contributed by atoms with Crippen LogP contribution in [0, 0.1) is 5.92 Å². The predicted molar refractivity (Wildman–Crippen MR) is 145 cm³/mol. The summed E-state index contributed by atoms with van der Waals surface area (Å²) in [6.45, 7) is 9.62. The monoisotopic (exact) mass is 529 g/mol. The van der Waals surface area contributed by atoms with E-state index < -0.39 is 23.9 Å². The van der Waals surface area contributed by atoms with Crippen LogP contribution in [0.3, 0.4) is 0 Å². The normalized spacial score (nSPS) is 22.3. The Labute approximate surface area is 226 Å². The second-order valence-corrected chi connectivity index (χ2v) is 10.6. The number of likely N-dealkylation sites (N-methyl/N-ethyl adjacent to an activating group) is 1. The molecular formula is C28H43N5O5. The summed E-state index contributed by atoms with van der Waals surface area (Å²) < 4.78 is 5.98. The molecule has 1 saturated heterocycles. The topological polar surface area (TPSA) is 111 Å². The fourth-order valence-corrected chi connectivity index (χ4v) is 4.76. The van der Waals surface area contributed by atoms with Gasteiger partial charge in [-0.15, -0.1) is 0 Å². The second-order valence-electron chi connectivity index (χ2n) is 10.6. The average Bonchev–Trinajstić information content (AvgIpc) is 2.89. The predicted octanol–water partition coefficient (Wildman–Crippen LogP) is 1.50. The van der Waals surface area contributed by atoms with Crippen LogP contribution in [0.4, 0.5) is 0 Å². The third-order valence-corrected chi connectivity index (χ3v) is 6.99. The first-order valence-corrected chi connectivity index (χ1v) is 13.8. The van der Waals surface area contributed by atoms with Crippen molar-refractivity contribution >= 4 is 23.6 Å². The van der Waals surface area contributed by atoms with Crippen molar-refractivity contribution in [2.24, 2.45) is 5.92 Å². The number of fused-ring (bicyclic) bond motifs is 1. The molecule has 1 aromatic rings. The van der Waals surface area contributed by atoms with Crippen molar-refractivity contribution in [1.82, 2.24) is 25.3 Å². The Morgan fingerprint density at radius 3 is 2.45 bits per heavy atom. The second kappa shape index (κ2) is 14.1. The highest BCUT2D eigenvalue weighted by atomic mass is 16.5. The lowest BCUT2D eigenvalue weighted by molar-refractivity contribution is -0.139. The summed E-state index contributed by atoms with van der Waals surface area (Å²) in [6, 6.07) is 5.05. The van der Waals surface area contributed by atoms with Crippen molar-refractivity contribution in [1.29, 1.82) is 0 Å². The number of nitrogens with one attached hydrogen (secondary N) is 2. The molecule has 0 aromatic heterocycles. The molecule has 3 rings (SSSR count). The first-order valence-electron chi connectivity index (χ1n) is 13.8. The van der Waals surface area contributed by atoms with E-state index >= 15 is 0 Å². The largest absolute Gasteiger partial charge is 0.491 e. The zero-order valence-corrected chi connectivity index (χ0v) is 23.2. The van der Waals surface area contributed by atoms with Crippen molar-refractivity contribution in [3.8, 4) is 5.75 Å². The van der Waals surface area contributed by atoms with Crippen LogP contribution >= 0.6 is 0 Å². The summed E-state index contributed by atoms with van der Waals surface area (Å²) in [4.78, 5) is 59.3. The van der Waals surface area contributed by atoms with E-state index in [1.165, 1.54) is 0 Å². The molecule has 210 valence electrons. The Hall–Kier alpha value is -3.14. The highest BCUT2D eigenvalue weighted by molar-refractivity contribution is 6.01. The Bertz CT molecular complexity index is 976. The van der Waals surface area contributed by atoms with Crippen LogP contribution in [0.15, 0.2) is 24.3 Å². The lowest BCUT2D eigenvalue weighted by atomic mass is 10.0. The maximum atomic E-state index is 13.6. The molecule has 0 aliphatic carbocycles. The Morgan fingerprint density at radius 2 is 1.76 bits per heavy atom. The molecule has 1 aromatic carbocycles. The number of para-hydroxylation sites is 1. The summed E-state index contributed by atoms with van der Waals surface area (Å²) in [6.07, 6.45) is 1.97. The van der Waals surface area contributed by atoms with Gasteiger partial charge in [0.05, 0.1) is 18.5 Å². The molecule has 0 unspecified atom stereocenters. The van der Waals surface area contributed by atoms with Crippen LogP contribution in [-0.2, 0) is 14.4 Å². The third kappa shape index (κ3) is 8.18. The van der Waals surface area contributed by atoms with Crippen LogP contribution < -0.4 is 15.4 Å². The number of benzene rings is 1. The van der Waals surface area contributed by atoms with Gasteiger partial charge >= 0.3 is 0 Å². The fourth-order valence-electron chi connectivity index (χ4n) is 4.76. The molecule has 1 fully saturated rings. The van der Waals surface area contributed by atoms with E-state index in [1.54, 1.807) is 34.1 Å². The molecule has 10 nitrogen and oxygen atoms in total. The summed E-state index contributed by atoms with van der Waals surface area (Å²) in [5.41, 5.74) is 0.283. The summed E-state index contributed by atoms with van der Waals surface area (Å²) in [7, 11) is 1.99. The molecule has 2 N–H and O–H groups in total. The number of carbonyl (C=O) groups excluding carboxylic acids is 4. The number of ether oxygens (including phenoxy) is 1. The van der Waals surface area contributed by atoms with Crippen molar-refractivity contribution in [3.05, 3.63) is 29.8 Å². The molecular weight excluding hydrogens is 486 g/mol. The summed E-state index contributed by atoms with van der Waals surface area (Å²) in [5.74, 6) is -0.825. The van der Waals surface area contributed by atoms with E-state index in [0.717, 1.165) is 12.8 Å². The standard InChI is InChI=1S/C28H43N5O5/c1-5-6-11-32-16-17-38-24-10-8-7-9-21(24)26(35)30-23(28(37)33-14-12-31(4)13-15-33)19-25(34)29-22(27(32)36)18-20(2)3/h7-10,20,22-23H,5-6,11-19H2,1-4H3,(H,29,34)(H,30,35)/t22-,23-/m0/s1. The van der Waals surface area contributed by atoms with Crippen LogP contribution in [0.2, 0.25) is 0 Å². The molecule has 4 amide bonds. The van der Waals surface area contributed by atoms with E-state index in [2.05, 4.69) is 22.5 Å². The fraction of sp³-hybridized carbons (Fsp3) is 0.643. The number of piperazine rings is 1. The van der Waals surface area contributed by atoms with Gasteiger partial charge in [-0.25, -0.2) is 0 Å². The van der Waals surface area contributed by atoms with Crippen molar-refractivity contribution in [2.75, 3.05) is 52.9 Å². The number of hydrogen-bond acceptors (Lipinski definition) is 6. The van der Waals surface area contributed by atoms with E-state index in [9.17, 15) is 19.2 Å². The van der Waals surface area contributed by atoms with E-state index in [0.29, 0.717) is 51.4 Å². The third-order valence-electron chi connectivity index (χ3n) is 6.99. The van der Waals surface area contributed by atoms with Gasteiger partial charge in [0.1, 0.15) is 24.4 Å². The van der Waals surface area contributed by atoms with Gasteiger partial charge in [0, 0.05) is 32.7 Å². The number of unbranched alkanes of at least 4 members (excludes halogenated alkanes) is 1. The Balaban J connectivity index is 1.93. The first-order chi connectivity index (χ1) is 18.2. The maximum Gasteiger partial charge on any atom is 0.255 e. The molecule has 0 spiro atoms. The molecule has 0 saturated carbocycles. The minimum absolute atomic E-state index is 0.152. The SMILES string of the molecule is CCCCN1CCOc2ccccc2C(=O)N[C@H](C(=O)N2CCN(C)CC2)CC(=O)N[C@@H](CC(C)C)C1=O. The molecule has 2 aliphatic heterocycles. The van der Waals surface area contributed by atoms with Gasteiger partial charge in [-0.3, -0.25) is 19.2 Å². The number of rotatable bonds is 6. The molecule has 2 heterocycles. The molecule has 38 heavy (non-hydrogen) atoms. The summed E-state index contributed by atoms with van der Waals surface area (Å²) >= 11 is 0. The van der Waals surface area contributed by atoms with Crippen LogP contribution in [-0.4, -0.2) is 103 Å². The number of hydrogen-bond donors (Lipinski definition) is 2. The quantitative estimate of drug-likeness (QED) is 0.578. The Morgan fingerprint density at radius 1 is 1.05 bits per heavy atom. The Kier molecular flexibility index (Phi) is 10.9. The van der Waals surface area contributed by atoms with Crippen molar-refractivity contribution < 1.29 is 23.9 Å². The molecule has 2 atom stereocenters. The minimum Gasteiger partial charge on any atom is -0.491 e. The molecule has 10 heteroatoms. The van der Waals surface area contributed by atoms with Gasteiger partial charge in [-0.2, -0.15) is 0 Å². The number of carbonyl (C=O) groups is 4. The van der Waals surface area contributed by atoms with E-state index in [4.69, 9.17) is 4.74 Å². The van der Waals surface area contributed by atoms with E-state index in [-0.39, 0.29) is 36.3 Å². The summed E-state index contributed by atoms with van der Waals surface area (Å²) in [5, 5.41) is 5.68. The maximum absolute atomic E-state index is 13.6. The van der Waals surface area contributed by atoms with Crippen LogP contribution in [0.5, 0.6) is 5.75 Å².